The maximum absolute atomic E-state index is 13.5. The Hall–Kier alpha value is -2.10. The monoisotopic (exact) mass is 458 g/mol. The number of hydrogen-bond donors (Lipinski definition) is 2. The van der Waals surface area contributed by atoms with Crippen LogP contribution in [0.1, 0.15) is 11.3 Å². The normalized spacial score (nSPS) is 12.5. The molecule has 2 heterocycles. The van der Waals surface area contributed by atoms with Crippen molar-refractivity contribution in [3.63, 3.8) is 0 Å². The van der Waals surface area contributed by atoms with E-state index in [4.69, 9.17) is 9.47 Å². The Morgan fingerprint density at radius 1 is 1.24 bits per heavy atom. The van der Waals surface area contributed by atoms with E-state index in [0.29, 0.717) is 18.2 Å². The molecule has 0 fully saturated rings. The number of hydrogen-bond acceptors (Lipinski definition) is 4. The van der Waals surface area contributed by atoms with Gasteiger partial charge in [0.15, 0.2) is 17.5 Å². The summed E-state index contributed by atoms with van der Waals surface area (Å²) in [6, 6.07) is 8.85. The number of halogens is 2. The van der Waals surface area contributed by atoms with E-state index in [1.54, 1.807) is 19.3 Å². The largest absolute Gasteiger partial charge is 0.454 e. The molecule has 0 saturated carbocycles. The predicted molar refractivity (Wildman–Crippen MR) is 104 cm³/mol. The molecule has 1 aliphatic rings. The lowest BCUT2D eigenvalue weighted by Crippen LogP contribution is -2.38. The zero-order valence-corrected chi connectivity index (χ0v) is 16.1. The third kappa shape index (κ3) is 5.18. The summed E-state index contributed by atoms with van der Waals surface area (Å²) in [5.41, 5.74) is 1.49. The van der Waals surface area contributed by atoms with Crippen LogP contribution in [0, 0.1) is 5.82 Å². The number of fused-ring (bicyclic) bond motifs is 1. The van der Waals surface area contributed by atoms with Crippen molar-refractivity contribution in [3.8, 4) is 11.5 Å². The molecule has 0 atom stereocenters. The predicted octanol–water partition coefficient (Wildman–Crippen LogP) is 2.48. The number of ether oxygens (including phenoxy) is 2. The van der Waals surface area contributed by atoms with Gasteiger partial charge in [-0.3, -0.25) is 9.98 Å². The number of aliphatic imine (C=N–C) groups is 1. The fraction of sp³-hybridized carbons (Fsp3) is 0.294. The molecule has 0 saturated heterocycles. The zero-order valence-electron chi connectivity index (χ0n) is 13.8. The Labute approximate surface area is 162 Å². The molecule has 3 rings (SSSR count). The number of rotatable bonds is 5. The van der Waals surface area contributed by atoms with Gasteiger partial charge in [0.2, 0.25) is 6.79 Å². The highest BCUT2D eigenvalue weighted by Crippen LogP contribution is 2.32. The summed E-state index contributed by atoms with van der Waals surface area (Å²) in [6.07, 6.45) is 2.37. The smallest absolute Gasteiger partial charge is 0.231 e. The Balaban J connectivity index is 0.00000225. The van der Waals surface area contributed by atoms with Crippen molar-refractivity contribution in [1.29, 1.82) is 0 Å². The zero-order chi connectivity index (χ0) is 16.8. The second-order valence-corrected chi connectivity index (χ2v) is 5.22. The molecule has 0 aliphatic carbocycles. The Morgan fingerprint density at radius 3 is 2.88 bits per heavy atom. The molecule has 1 aromatic carbocycles. The third-order valence-electron chi connectivity index (χ3n) is 3.62. The number of benzene rings is 1. The lowest BCUT2D eigenvalue weighted by Gasteiger charge is -2.12. The molecule has 8 heteroatoms. The van der Waals surface area contributed by atoms with Crippen LogP contribution in [-0.2, 0) is 13.0 Å². The summed E-state index contributed by atoms with van der Waals surface area (Å²) >= 11 is 0. The minimum atomic E-state index is -0.333. The molecule has 2 N–H and O–H groups in total. The minimum absolute atomic E-state index is 0. The van der Waals surface area contributed by atoms with Gasteiger partial charge >= 0.3 is 0 Å². The number of guanidine groups is 1. The highest BCUT2D eigenvalue weighted by atomic mass is 127. The van der Waals surface area contributed by atoms with Gasteiger partial charge in [0.1, 0.15) is 5.82 Å². The van der Waals surface area contributed by atoms with Gasteiger partial charge in [-0.1, -0.05) is 6.07 Å². The minimum Gasteiger partial charge on any atom is -0.454 e. The molecular weight excluding hydrogens is 438 g/mol. The lowest BCUT2D eigenvalue weighted by molar-refractivity contribution is 0.174. The number of aromatic nitrogens is 1. The van der Waals surface area contributed by atoms with Crippen molar-refractivity contribution in [2.24, 2.45) is 4.99 Å². The molecule has 6 nitrogen and oxygen atoms in total. The summed E-state index contributed by atoms with van der Waals surface area (Å²) in [4.78, 5) is 8.12. The van der Waals surface area contributed by atoms with Crippen LogP contribution in [-0.4, -0.2) is 31.3 Å². The van der Waals surface area contributed by atoms with E-state index in [9.17, 15) is 4.39 Å². The highest BCUT2D eigenvalue weighted by molar-refractivity contribution is 14.0. The lowest BCUT2D eigenvalue weighted by atomic mass is 10.1. The molecule has 134 valence electrons. The van der Waals surface area contributed by atoms with Crippen molar-refractivity contribution in [2.45, 2.75) is 13.0 Å². The number of nitrogens with zero attached hydrogens (tertiary/aromatic N) is 2. The van der Waals surface area contributed by atoms with E-state index in [2.05, 4.69) is 20.6 Å². The van der Waals surface area contributed by atoms with Crippen molar-refractivity contribution in [3.05, 3.63) is 53.6 Å². The summed E-state index contributed by atoms with van der Waals surface area (Å²) in [7, 11) is 1.67. The first-order valence-corrected chi connectivity index (χ1v) is 7.68. The molecule has 0 bridgehead atoms. The maximum Gasteiger partial charge on any atom is 0.231 e. The molecule has 0 radical (unpaired) electrons. The standard InChI is InChI=1S/C17H19FN4O2.HI/c1-19-17(22-10-14-13(18)3-2-7-20-14)21-8-6-12-4-5-15-16(9-12)24-11-23-15;/h2-5,7,9H,6,8,10-11H2,1H3,(H2,19,21,22);1H. The van der Waals surface area contributed by atoms with E-state index in [-0.39, 0.29) is 43.1 Å². The fourth-order valence-corrected chi connectivity index (χ4v) is 2.36. The van der Waals surface area contributed by atoms with Crippen LogP contribution >= 0.6 is 24.0 Å². The first-order chi connectivity index (χ1) is 11.8. The van der Waals surface area contributed by atoms with E-state index in [0.717, 1.165) is 23.5 Å². The molecule has 0 spiro atoms. The molecule has 0 unspecified atom stereocenters. The van der Waals surface area contributed by atoms with Gasteiger partial charge in [0.05, 0.1) is 12.2 Å². The van der Waals surface area contributed by atoms with Crippen LogP contribution in [0.2, 0.25) is 0 Å². The van der Waals surface area contributed by atoms with Crippen LogP contribution in [0.5, 0.6) is 11.5 Å². The summed E-state index contributed by atoms with van der Waals surface area (Å²) < 4.78 is 24.2. The Bertz CT molecular complexity index is 742. The van der Waals surface area contributed by atoms with Crippen molar-refractivity contribution in [1.82, 2.24) is 15.6 Å². The van der Waals surface area contributed by atoms with Crippen LogP contribution in [0.15, 0.2) is 41.5 Å². The Kier molecular flexibility index (Phi) is 7.23. The highest BCUT2D eigenvalue weighted by Gasteiger charge is 2.13. The topological polar surface area (TPSA) is 67.8 Å². The first-order valence-electron chi connectivity index (χ1n) is 7.68. The van der Waals surface area contributed by atoms with Crippen LogP contribution in [0.3, 0.4) is 0 Å². The van der Waals surface area contributed by atoms with Crippen molar-refractivity contribution < 1.29 is 13.9 Å². The molecule has 1 aromatic heterocycles. The SMILES string of the molecule is CN=C(NCCc1ccc2c(c1)OCO2)NCc1ncccc1F.I. The van der Waals surface area contributed by atoms with E-state index in [1.165, 1.54) is 6.07 Å². The van der Waals surface area contributed by atoms with Gasteiger partial charge in [0, 0.05) is 19.8 Å². The van der Waals surface area contributed by atoms with Crippen LogP contribution < -0.4 is 20.1 Å². The van der Waals surface area contributed by atoms with Crippen molar-refractivity contribution >= 4 is 29.9 Å². The fourth-order valence-electron chi connectivity index (χ4n) is 2.36. The average Bonchev–Trinajstić information content (AvgIpc) is 3.07. The number of pyridine rings is 1. The summed E-state index contributed by atoms with van der Waals surface area (Å²) in [5.74, 6) is 1.82. The van der Waals surface area contributed by atoms with Crippen LogP contribution in [0.4, 0.5) is 4.39 Å². The quantitative estimate of drug-likeness (QED) is 0.410. The first kappa shape index (κ1) is 19.2. The third-order valence-corrected chi connectivity index (χ3v) is 3.62. The average molecular weight is 458 g/mol. The van der Waals surface area contributed by atoms with Gasteiger partial charge in [0.25, 0.3) is 0 Å². The van der Waals surface area contributed by atoms with Crippen LogP contribution in [0.25, 0.3) is 0 Å². The van der Waals surface area contributed by atoms with Gasteiger partial charge < -0.3 is 20.1 Å². The molecule has 0 amide bonds. The molecule has 2 aromatic rings. The molecule has 25 heavy (non-hydrogen) atoms. The summed E-state index contributed by atoms with van der Waals surface area (Å²) in [5, 5.41) is 6.24. The van der Waals surface area contributed by atoms with E-state index >= 15 is 0 Å². The molecular formula is C17H20FIN4O2. The number of nitrogens with one attached hydrogen (secondary N) is 2. The van der Waals surface area contributed by atoms with Gasteiger partial charge in [-0.15, -0.1) is 24.0 Å². The van der Waals surface area contributed by atoms with Gasteiger partial charge in [-0.2, -0.15) is 0 Å². The second kappa shape index (κ2) is 9.40. The molecule has 1 aliphatic heterocycles. The second-order valence-electron chi connectivity index (χ2n) is 5.22. The van der Waals surface area contributed by atoms with Crippen molar-refractivity contribution in [2.75, 3.05) is 20.4 Å². The maximum atomic E-state index is 13.5. The van der Waals surface area contributed by atoms with E-state index < -0.39 is 0 Å². The van der Waals surface area contributed by atoms with E-state index in [1.807, 2.05) is 18.2 Å². The Morgan fingerprint density at radius 2 is 2.08 bits per heavy atom. The van der Waals surface area contributed by atoms with Gasteiger partial charge in [-0.25, -0.2) is 4.39 Å². The van der Waals surface area contributed by atoms with Gasteiger partial charge in [-0.05, 0) is 36.2 Å². The summed E-state index contributed by atoms with van der Waals surface area (Å²) in [6.45, 7) is 1.23.